The molecular formula is C11H10NO3. The fraction of sp³-hybridized carbons (Fsp3) is 0.182. The summed E-state index contributed by atoms with van der Waals surface area (Å²) in [5.41, 5.74) is 1.45. The first-order chi connectivity index (χ1) is 7.09. The number of amides is 1. The molecule has 1 amide bonds. The molecule has 1 aromatic rings. The molecule has 1 heterocycles. The van der Waals surface area contributed by atoms with Gasteiger partial charge >= 0.3 is 5.97 Å². The molecule has 0 spiro atoms. The van der Waals surface area contributed by atoms with E-state index in [2.05, 4.69) is 6.92 Å². The highest BCUT2D eigenvalue weighted by Gasteiger charge is 2.42. The van der Waals surface area contributed by atoms with Crippen LogP contribution in [-0.2, 0) is 9.59 Å². The number of carboxylic acids is 1. The van der Waals surface area contributed by atoms with Crippen LogP contribution in [0.3, 0.4) is 0 Å². The quantitative estimate of drug-likeness (QED) is 0.733. The summed E-state index contributed by atoms with van der Waals surface area (Å²) in [6, 6.07) is 6.19. The van der Waals surface area contributed by atoms with Gasteiger partial charge in [-0.15, -0.1) is 0 Å². The highest BCUT2D eigenvalue weighted by Crippen LogP contribution is 2.27. The minimum atomic E-state index is -0.965. The summed E-state index contributed by atoms with van der Waals surface area (Å²) in [5, 5.41) is 8.83. The molecule has 0 aromatic heterocycles. The monoisotopic (exact) mass is 204 g/mol. The van der Waals surface area contributed by atoms with Crippen molar-refractivity contribution in [1.82, 2.24) is 0 Å². The van der Waals surface area contributed by atoms with E-state index in [-0.39, 0.29) is 12.3 Å². The van der Waals surface area contributed by atoms with Crippen molar-refractivity contribution < 1.29 is 14.7 Å². The number of nitrogens with zero attached hydrogens (tertiary/aromatic N) is 1. The van der Waals surface area contributed by atoms with Crippen molar-refractivity contribution >= 4 is 17.6 Å². The van der Waals surface area contributed by atoms with Crippen LogP contribution < -0.4 is 4.90 Å². The number of rotatable bonds is 2. The van der Waals surface area contributed by atoms with Crippen LogP contribution in [0.5, 0.6) is 0 Å². The van der Waals surface area contributed by atoms with Crippen LogP contribution in [0.25, 0.3) is 0 Å². The Labute approximate surface area is 87.1 Å². The lowest BCUT2D eigenvalue weighted by molar-refractivity contribution is -0.145. The minimum Gasteiger partial charge on any atom is -0.480 e. The van der Waals surface area contributed by atoms with Gasteiger partial charge in [0.1, 0.15) is 6.04 Å². The van der Waals surface area contributed by atoms with E-state index in [0.29, 0.717) is 5.69 Å². The fourth-order valence-electron chi connectivity index (χ4n) is 1.59. The van der Waals surface area contributed by atoms with E-state index in [9.17, 15) is 9.59 Å². The van der Waals surface area contributed by atoms with Crippen LogP contribution in [-0.4, -0.2) is 23.0 Å². The maximum absolute atomic E-state index is 11.3. The van der Waals surface area contributed by atoms with Gasteiger partial charge in [-0.2, -0.15) is 0 Å². The van der Waals surface area contributed by atoms with Gasteiger partial charge in [-0.1, -0.05) is 12.1 Å². The Morgan fingerprint density at radius 3 is 2.47 bits per heavy atom. The number of carboxylic acid groups (broad SMARTS) is 1. The summed E-state index contributed by atoms with van der Waals surface area (Å²) in [6.45, 7) is 3.72. The summed E-state index contributed by atoms with van der Waals surface area (Å²) in [5.74, 6) is -1.12. The van der Waals surface area contributed by atoms with Gasteiger partial charge in [0, 0.05) is 5.69 Å². The van der Waals surface area contributed by atoms with Gasteiger partial charge in [-0.05, 0) is 24.6 Å². The molecule has 2 rings (SSSR count). The second-order valence-corrected chi connectivity index (χ2v) is 3.49. The van der Waals surface area contributed by atoms with Gasteiger partial charge in [-0.3, -0.25) is 9.69 Å². The van der Waals surface area contributed by atoms with Crippen LogP contribution >= 0.6 is 0 Å². The standard InChI is InChI=1S/C11H10NO3/c1-7-2-4-8(5-3-7)12-9(11(14)15)6-10(12)13/h2-5,9H,1,6H2,(H,14,15)/t9-/m0/s1. The van der Waals surface area contributed by atoms with Crippen molar-refractivity contribution in [1.29, 1.82) is 0 Å². The van der Waals surface area contributed by atoms with Crippen molar-refractivity contribution in [3.8, 4) is 0 Å². The van der Waals surface area contributed by atoms with Crippen LogP contribution in [0.4, 0.5) is 5.69 Å². The molecule has 1 fully saturated rings. The minimum absolute atomic E-state index is 0.0848. The highest BCUT2D eigenvalue weighted by molar-refractivity contribution is 6.08. The molecule has 1 radical (unpaired) electrons. The molecule has 1 N–H and O–H groups in total. The predicted molar refractivity (Wildman–Crippen MR) is 54.4 cm³/mol. The Hall–Kier alpha value is -1.84. The Kier molecular flexibility index (Phi) is 2.19. The molecule has 4 heteroatoms. The highest BCUT2D eigenvalue weighted by atomic mass is 16.4. The number of hydrogen-bond acceptors (Lipinski definition) is 2. The van der Waals surface area contributed by atoms with E-state index in [1.807, 2.05) is 0 Å². The lowest BCUT2D eigenvalue weighted by atomic mass is 10.0. The van der Waals surface area contributed by atoms with Gasteiger partial charge in [0.05, 0.1) is 6.42 Å². The molecule has 1 saturated heterocycles. The van der Waals surface area contributed by atoms with E-state index in [1.165, 1.54) is 4.90 Å². The summed E-state index contributed by atoms with van der Waals surface area (Å²) >= 11 is 0. The molecule has 1 atom stereocenters. The molecule has 77 valence electrons. The summed E-state index contributed by atoms with van der Waals surface area (Å²) in [7, 11) is 0. The van der Waals surface area contributed by atoms with Crippen LogP contribution in [0.15, 0.2) is 24.3 Å². The van der Waals surface area contributed by atoms with E-state index in [0.717, 1.165) is 5.56 Å². The average Bonchev–Trinajstić information content (AvgIpc) is 2.17. The Morgan fingerprint density at radius 2 is 2.00 bits per heavy atom. The van der Waals surface area contributed by atoms with E-state index in [4.69, 9.17) is 5.11 Å². The number of aliphatic carboxylic acids is 1. The molecule has 4 nitrogen and oxygen atoms in total. The fourth-order valence-corrected chi connectivity index (χ4v) is 1.59. The number of hydrogen-bond donors (Lipinski definition) is 1. The van der Waals surface area contributed by atoms with Gasteiger partial charge in [0.25, 0.3) is 0 Å². The Balaban J connectivity index is 2.26. The van der Waals surface area contributed by atoms with Crippen LogP contribution in [0.1, 0.15) is 12.0 Å². The normalized spacial score (nSPS) is 19.9. The molecule has 0 aliphatic carbocycles. The van der Waals surface area contributed by atoms with Crippen LogP contribution in [0.2, 0.25) is 0 Å². The summed E-state index contributed by atoms with van der Waals surface area (Å²) in [4.78, 5) is 23.3. The zero-order valence-electron chi connectivity index (χ0n) is 8.01. The van der Waals surface area contributed by atoms with Crippen molar-refractivity contribution in [2.75, 3.05) is 4.90 Å². The molecule has 0 unspecified atom stereocenters. The van der Waals surface area contributed by atoms with Gasteiger partial charge in [-0.25, -0.2) is 4.79 Å². The Morgan fingerprint density at radius 1 is 1.40 bits per heavy atom. The zero-order valence-corrected chi connectivity index (χ0v) is 8.01. The molecule has 1 aromatic carbocycles. The molecule has 15 heavy (non-hydrogen) atoms. The van der Waals surface area contributed by atoms with Crippen molar-refractivity contribution in [3.05, 3.63) is 36.8 Å². The number of β-lactam (4-membered cyclic amide) rings is 1. The lowest BCUT2D eigenvalue weighted by Gasteiger charge is -2.37. The van der Waals surface area contributed by atoms with Crippen LogP contribution in [0, 0.1) is 6.92 Å². The number of carbonyl (C=O) groups excluding carboxylic acids is 1. The first-order valence-corrected chi connectivity index (χ1v) is 4.56. The Bertz CT molecular complexity index is 410. The summed E-state index contributed by atoms with van der Waals surface area (Å²) in [6.07, 6.45) is 0.0848. The molecular weight excluding hydrogens is 194 g/mol. The predicted octanol–water partition coefficient (Wildman–Crippen LogP) is 1.06. The topological polar surface area (TPSA) is 57.6 Å². The molecule has 0 saturated carbocycles. The lowest BCUT2D eigenvalue weighted by Crippen LogP contribution is -2.57. The maximum atomic E-state index is 11.3. The first kappa shape index (κ1) is 9.71. The van der Waals surface area contributed by atoms with Gasteiger partial charge < -0.3 is 5.11 Å². The molecule has 1 aliphatic heterocycles. The van der Waals surface area contributed by atoms with Crippen molar-refractivity contribution in [3.63, 3.8) is 0 Å². The van der Waals surface area contributed by atoms with E-state index >= 15 is 0 Å². The SMILES string of the molecule is [CH2]c1ccc(N2C(=O)C[C@H]2C(=O)O)cc1. The third-order valence-corrected chi connectivity index (χ3v) is 2.45. The smallest absolute Gasteiger partial charge is 0.327 e. The van der Waals surface area contributed by atoms with E-state index in [1.54, 1.807) is 24.3 Å². The number of carbonyl (C=O) groups is 2. The second kappa shape index (κ2) is 3.38. The number of benzene rings is 1. The number of anilines is 1. The zero-order chi connectivity index (χ0) is 11.0. The van der Waals surface area contributed by atoms with Crippen molar-refractivity contribution in [2.24, 2.45) is 0 Å². The van der Waals surface area contributed by atoms with Gasteiger partial charge in [0.15, 0.2) is 0 Å². The molecule has 0 bridgehead atoms. The second-order valence-electron chi connectivity index (χ2n) is 3.49. The summed E-state index contributed by atoms with van der Waals surface area (Å²) < 4.78 is 0. The third-order valence-electron chi connectivity index (χ3n) is 2.45. The third kappa shape index (κ3) is 1.58. The molecule has 1 aliphatic rings. The average molecular weight is 204 g/mol. The van der Waals surface area contributed by atoms with Crippen molar-refractivity contribution in [2.45, 2.75) is 12.5 Å². The largest absolute Gasteiger partial charge is 0.480 e. The maximum Gasteiger partial charge on any atom is 0.327 e. The van der Waals surface area contributed by atoms with E-state index < -0.39 is 12.0 Å². The first-order valence-electron chi connectivity index (χ1n) is 4.56. The van der Waals surface area contributed by atoms with Gasteiger partial charge in [0.2, 0.25) is 5.91 Å².